The molecule has 126 valence electrons. The Morgan fingerprint density at radius 2 is 1.88 bits per heavy atom. The van der Waals surface area contributed by atoms with Crippen molar-refractivity contribution in [3.8, 4) is 11.5 Å². The van der Waals surface area contributed by atoms with Crippen molar-refractivity contribution in [2.75, 3.05) is 19.0 Å². The molecular formula is C17H18N2O5. The molecule has 0 aromatic heterocycles. The number of methoxy groups -OCH3 is 1. The quantitative estimate of drug-likeness (QED) is 0.646. The van der Waals surface area contributed by atoms with E-state index in [-0.39, 0.29) is 22.7 Å². The van der Waals surface area contributed by atoms with Crippen molar-refractivity contribution in [1.29, 1.82) is 0 Å². The number of nitro groups is 1. The summed E-state index contributed by atoms with van der Waals surface area (Å²) in [5.74, 6) is -0.109. The Hall–Kier alpha value is -3.09. The molecule has 0 fully saturated rings. The van der Waals surface area contributed by atoms with Crippen molar-refractivity contribution in [3.63, 3.8) is 0 Å². The Kier molecular flexibility index (Phi) is 5.36. The molecule has 0 saturated heterocycles. The molecule has 0 aliphatic carbocycles. The van der Waals surface area contributed by atoms with Gasteiger partial charge < -0.3 is 14.8 Å². The van der Waals surface area contributed by atoms with E-state index in [9.17, 15) is 14.9 Å². The van der Waals surface area contributed by atoms with E-state index < -0.39 is 10.8 Å². The van der Waals surface area contributed by atoms with Crippen LogP contribution in [0.15, 0.2) is 36.4 Å². The monoisotopic (exact) mass is 330 g/mol. The third-order valence-corrected chi connectivity index (χ3v) is 3.33. The lowest BCUT2D eigenvalue weighted by Crippen LogP contribution is -2.14. The van der Waals surface area contributed by atoms with Crippen LogP contribution in [0.4, 0.5) is 11.4 Å². The highest BCUT2D eigenvalue weighted by molar-refractivity contribution is 6.07. The zero-order chi connectivity index (χ0) is 17.7. The van der Waals surface area contributed by atoms with E-state index in [2.05, 4.69) is 5.32 Å². The van der Waals surface area contributed by atoms with Gasteiger partial charge in [-0.05, 0) is 26.0 Å². The minimum absolute atomic E-state index is 0.0964. The highest BCUT2D eigenvalue weighted by Gasteiger charge is 2.24. The summed E-state index contributed by atoms with van der Waals surface area (Å²) in [7, 11) is 1.41. The van der Waals surface area contributed by atoms with Gasteiger partial charge >= 0.3 is 0 Å². The van der Waals surface area contributed by atoms with Crippen molar-refractivity contribution < 1.29 is 19.2 Å². The summed E-state index contributed by atoms with van der Waals surface area (Å²) in [6.07, 6.45) is 0. The lowest BCUT2D eigenvalue weighted by Gasteiger charge is -2.12. The third kappa shape index (κ3) is 3.81. The van der Waals surface area contributed by atoms with Gasteiger partial charge in [-0.15, -0.1) is 0 Å². The van der Waals surface area contributed by atoms with E-state index in [0.29, 0.717) is 12.3 Å². The Morgan fingerprint density at radius 1 is 1.21 bits per heavy atom. The first-order chi connectivity index (χ1) is 11.5. The normalized spacial score (nSPS) is 10.1. The summed E-state index contributed by atoms with van der Waals surface area (Å²) in [5, 5.41) is 14.0. The first kappa shape index (κ1) is 17.3. The summed E-state index contributed by atoms with van der Waals surface area (Å²) in [6, 6.07) is 9.64. The molecule has 0 spiro atoms. The van der Waals surface area contributed by atoms with Gasteiger partial charge in [-0.2, -0.15) is 0 Å². The van der Waals surface area contributed by atoms with Crippen molar-refractivity contribution >= 4 is 17.3 Å². The van der Waals surface area contributed by atoms with Gasteiger partial charge in [0.1, 0.15) is 5.56 Å². The van der Waals surface area contributed by atoms with E-state index in [1.807, 2.05) is 19.1 Å². The van der Waals surface area contributed by atoms with E-state index in [1.54, 1.807) is 19.1 Å². The van der Waals surface area contributed by atoms with Crippen molar-refractivity contribution in [2.24, 2.45) is 0 Å². The molecule has 7 nitrogen and oxygen atoms in total. The molecule has 0 heterocycles. The van der Waals surface area contributed by atoms with Crippen LogP contribution in [0.2, 0.25) is 0 Å². The van der Waals surface area contributed by atoms with Crippen LogP contribution < -0.4 is 14.8 Å². The van der Waals surface area contributed by atoms with Crippen molar-refractivity contribution in [2.45, 2.75) is 13.8 Å². The van der Waals surface area contributed by atoms with Crippen molar-refractivity contribution in [1.82, 2.24) is 0 Å². The first-order valence-electron chi connectivity index (χ1n) is 7.33. The number of aryl methyl sites for hydroxylation is 1. The SMILES string of the molecule is CCOc1cc([N+](=O)[O-])c(C(=O)Nc2ccc(C)cc2)cc1OC. The fourth-order valence-corrected chi connectivity index (χ4v) is 2.15. The average molecular weight is 330 g/mol. The maximum absolute atomic E-state index is 12.4. The summed E-state index contributed by atoms with van der Waals surface area (Å²) >= 11 is 0. The second-order valence-corrected chi connectivity index (χ2v) is 5.03. The number of nitrogens with one attached hydrogen (secondary N) is 1. The molecule has 2 aromatic carbocycles. The topological polar surface area (TPSA) is 90.7 Å². The zero-order valence-electron chi connectivity index (χ0n) is 13.7. The first-order valence-corrected chi connectivity index (χ1v) is 7.33. The highest BCUT2D eigenvalue weighted by Crippen LogP contribution is 2.35. The number of carbonyl (C=O) groups is 1. The number of anilines is 1. The summed E-state index contributed by atoms with van der Waals surface area (Å²) in [5.41, 5.74) is 1.15. The molecule has 0 saturated carbocycles. The Balaban J connectivity index is 2.41. The molecule has 0 bridgehead atoms. The molecule has 0 aliphatic heterocycles. The van der Waals surface area contributed by atoms with Crippen LogP contribution in [0.5, 0.6) is 11.5 Å². The summed E-state index contributed by atoms with van der Waals surface area (Å²) in [6.45, 7) is 4.00. The number of amides is 1. The van der Waals surface area contributed by atoms with Gasteiger partial charge in [0.25, 0.3) is 11.6 Å². The molecule has 0 radical (unpaired) electrons. The molecular weight excluding hydrogens is 312 g/mol. The van der Waals surface area contributed by atoms with Gasteiger partial charge in [-0.1, -0.05) is 17.7 Å². The van der Waals surface area contributed by atoms with Crippen molar-refractivity contribution in [3.05, 3.63) is 57.6 Å². The van der Waals surface area contributed by atoms with Gasteiger partial charge in [0, 0.05) is 11.8 Å². The molecule has 2 rings (SSSR count). The largest absolute Gasteiger partial charge is 0.493 e. The number of rotatable bonds is 6. The van der Waals surface area contributed by atoms with E-state index in [0.717, 1.165) is 5.56 Å². The number of carbonyl (C=O) groups excluding carboxylic acids is 1. The van der Waals surface area contributed by atoms with Crippen LogP contribution in [-0.2, 0) is 0 Å². The van der Waals surface area contributed by atoms with Gasteiger partial charge in [-0.3, -0.25) is 14.9 Å². The molecule has 1 amide bonds. The fourth-order valence-electron chi connectivity index (χ4n) is 2.15. The summed E-state index contributed by atoms with van der Waals surface area (Å²) in [4.78, 5) is 23.1. The number of ether oxygens (including phenoxy) is 2. The van der Waals surface area contributed by atoms with Gasteiger partial charge in [-0.25, -0.2) is 0 Å². The molecule has 2 aromatic rings. The smallest absolute Gasteiger partial charge is 0.286 e. The summed E-state index contributed by atoms with van der Waals surface area (Å²) < 4.78 is 10.5. The second kappa shape index (κ2) is 7.45. The van der Waals surface area contributed by atoms with E-state index in [4.69, 9.17) is 9.47 Å². The molecule has 7 heteroatoms. The molecule has 0 atom stereocenters. The molecule has 0 aliphatic rings. The van der Waals surface area contributed by atoms with E-state index >= 15 is 0 Å². The average Bonchev–Trinajstić information content (AvgIpc) is 2.56. The van der Waals surface area contributed by atoms with Gasteiger partial charge in [0.2, 0.25) is 0 Å². The molecule has 0 unspecified atom stereocenters. The van der Waals surface area contributed by atoms with Crippen LogP contribution in [-0.4, -0.2) is 24.5 Å². The standard InChI is InChI=1S/C17H18N2O5/c1-4-24-16-10-14(19(21)22)13(9-15(16)23-3)17(20)18-12-7-5-11(2)6-8-12/h5-10H,4H2,1-3H3,(H,18,20). The number of benzene rings is 2. The second-order valence-electron chi connectivity index (χ2n) is 5.03. The lowest BCUT2D eigenvalue weighted by molar-refractivity contribution is -0.385. The van der Waals surface area contributed by atoms with Gasteiger partial charge in [0.15, 0.2) is 11.5 Å². The van der Waals surface area contributed by atoms with Crippen LogP contribution in [0.1, 0.15) is 22.8 Å². The number of hydrogen-bond donors (Lipinski definition) is 1. The van der Waals surface area contributed by atoms with Gasteiger partial charge in [0.05, 0.1) is 24.7 Å². The third-order valence-electron chi connectivity index (χ3n) is 3.33. The molecule has 1 N–H and O–H groups in total. The number of nitro benzene ring substituents is 1. The highest BCUT2D eigenvalue weighted by atomic mass is 16.6. The maximum atomic E-state index is 12.4. The predicted molar refractivity (Wildman–Crippen MR) is 89.9 cm³/mol. The van der Waals surface area contributed by atoms with Crippen LogP contribution >= 0.6 is 0 Å². The van der Waals surface area contributed by atoms with Crippen LogP contribution in [0.3, 0.4) is 0 Å². The molecule has 24 heavy (non-hydrogen) atoms. The zero-order valence-corrected chi connectivity index (χ0v) is 13.7. The number of nitrogens with zero attached hydrogens (tertiary/aromatic N) is 1. The van der Waals surface area contributed by atoms with E-state index in [1.165, 1.54) is 19.2 Å². The fraction of sp³-hybridized carbons (Fsp3) is 0.235. The Morgan fingerprint density at radius 3 is 2.42 bits per heavy atom. The Labute approximate surface area is 139 Å². The maximum Gasteiger partial charge on any atom is 0.286 e. The number of hydrogen-bond acceptors (Lipinski definition) is 5. The Bertz CT molecular complexity index is 756. The van der Waals surface area contributed by atoms with Crippen LogP contribution in [0, 0.1) is 17.0 Å². The minimum Gasteiger partial charge on any atom is -0.493 e. The predicted octanol–water partition coefficient (Wildman–Crippen LogP) is 3.56. The minimum atomic E-state index is -0.619. The van der Waals surface area contributed by atoms with Crippen LogP contribution in [0.25, 0.3) is 0 Å². The lowest BCUT2D eigenvalue weighted by atomic mass is 10.1.